The second-order valence-corrected chi connectivity index (χ2v) is 3.09. The summed E-state index contributed by atoms with van der Waals surface area (Å²) in [5, 5.41) is 0. The smallest absolute Gasteiger partial charge is 0.211 e. The summed E-state index contributed by atoms with van der Waals surface area (Å²) in [6.45, 7) is 2.11. The summed E-state index contributed by atoms with van der Waals surface area (Å²) in [5.74, 6) is 0. The third-order valence-electron chi connectivity index (χ3n) is 2.13. The first kappa shape index (κ1) is 7.99. The van der Waals surface area contributed by atoms with Crippen LogP contribution in [0.3, 0.4) is 0 Å². The zero-order chi connectivity index (χ0) is 9.10. The minimum Gasteiger partial charge on any atom is -0.211 e. The van der Waals surface area contributed by atoms with Gasteiger partial charge in [0.1, 0.15) is 0 Å². The van der Waals surface area contributed by atoms with E-state index in [1.54, 1.807) is 0 Å². The molecule has 1 heteroatoms. The largest absolute Gasteiger partial charge is 0.213 e. The van der Waals surface area contributed by atoms with E-state index in [0.717, 1.165) is 0 Å². The molecule has 2 aromatic rings. The number of aromatic amines is 1. The van der Waals surface area contributed by atoms with Gasteiger partial charge >= 0.3 is 0 Å². The molecule has 1 heterocycles. The quantitative estimate of drug-likeness (QED) is 0.624. The van der Waals surface area contributed by atoms with Gasteiger partial charge in [-0.1, -0.05) is 18.2 Å². The summed E-state index contributed by atoms with van der Waals surface area (Å²) >= 11 is 0. The minimum atomic E-state index is 1.20. The number of aromatic nitrogens is 1. The van der Waals surface area contributed by atoms with E-state index in [0.29, 0.717) is 0 Å². The Bertz CT molecular complexity index is 393. The van der Waals surface area contributed by atoms with Gasteiger partial charge in [-0.05, 0) is 25.1 Å². The Morgan fingerprint density at radius 3 is 2.38 bits per heavy atom. The lowest BCUT2D eigenvalue weighted by atomic mass is 10.1. The highest BCUT2D eigenvalue weighted by molar-refractivity contribution is 5.58. The lowest BCUT2D eigenvalue weighted by Gasteiger charge is -1.97. The number of hydrogen-bond donors (Lipinski definition) is 0. The van der Waals surface area contributed by atoms with Crippen molar-refractivity contribution < 1.29 is 4.98 Å². The first-order valence-corrected chi connectivity index (χ1v) is 4.40. The lowest BCUT2D eigenvalue weighted by molar-refractivity contribution is -0.365. The molecule has 1 nitrogen and oxygen atoms in total. The van der Waals surface area contributed by atoms with Crippen LogP contribution in [0.5, 0.6) is 0 Å². The molecule has 1 aromatic carbocycles. The average molecular weight is 170 g/mol. The van der Waals surface area contributed by atoms with Crippen LogP contribution >= 0.6 is 0 Å². The van der Waals surface area contributed by atoms with Crippen molar-refractivity contribution in [3.8, 4) is 11.3 Å². The van der Waals surface area contributed by atoms with Crippen LogP contribution in [0.1, 0.15) is 5.56 Å². The van der Waals surface area contributed by atoms with Crippen LogP contribution in [-0.4, -0.2) is 0 Å². The molecular formula is C12H12N+. The number of pyridine rings is 1. The number of benzene rings is 1. The highest BCUT2D eigenvalue weighted by Crippen LogP contribution is 2.16. The molecule has 64 valence electrons. The summed E-state index contributed by atoms with van der Waals surface area (Å²) in [5.41, 5.74) is 3.71. The van der Waals surface area contributed by atoms with Crippen molar-refractivity contribution in [1.29, 1.82) is 0 Å². The Balaban J connectivity index is 2.54. The summed E-state index contributed by atoms with van der Waals surface area (Å²) < 4.78 is 0. The van der Waals surface area contributed by atoms with Gasteiger partial charge in [0.2, 0.25) is 5.69 Å². The Morgan fingerprint density at radius 1 is 0.923 bits per heavy atom. The maximum Gasteiger partial charge on any atom is 0.213 e. The van der Waals surface area contributed by atoms with Crippen molar-refractivity contribution in [3.05, 3.63) is 54.2 Å². The first-order chi connectivity index (χ1) is 6.38. The number of hydrogen-bond acceptors (Lipinski definition) is 0. The monoisotopic (exact) mass is 170 g/mol. The molecule has 0 aliphatic rings. The van der Waals surface area contributed by atoms with Crippen molar-refractivity contribution in [2.75, 3.05) is 0 Å². The average Bonchev–Trinajstić information content (AvgIpc) is 2.20. The molecule has 0 atom stereocenters. The van der Waals surface area contributed by atoms with Gasteiger partial charge in [-0.15, -0.1) is 0 Å². The normalized spacial score (nSPS) is 9.92. The van der Waals surface area contributed by atoms with Crippen molar-refractivity contribution in [3.63, 3.8) is 0 Å². The van der Waals surface area contributed by atoms with E-state index in [-0.39, 0.29) is 0 Å². The second-order valence-electron chi connectivity index (χ2n) is 3.09. The fourth-order valence-corrected chi connectivity index (χ4v) is 1.44. The van der Waals surface area contributed by atoms with Crippen molar-refractivity contribution >= 4 is 0 Å². The van der Waals surface area contributed by atoms with Crippen molar-refractivity contribution in [1.82, 2.24) is 0 Å². The molecule has 13 heavy (non-hydrogen) atoms. The summed E-state index contributed by atoms with van der Waals surface area (Å²) in [6, 6.07) is 14.5. The van der Waals surface area contributed by atoms with Crippen LogP contribution in [0.25, 0.3) is 11.3 Å². The number of H-pyrrole nitrogens is 1. The van der Waals surface area contributed by atoms with Crippen LogP contribution in [-0.2, 0) is 0 Å². The third-order valence-corrected chi connectivity index (χ3v) is 2.13. The van der Waals surface area contributed by atoms with Crippen LogP contribution in [0.4, 0.5) is 0 Å². The van der Waals surface area contributed by atoms with Crippen LogP contribution in [0.15, 0.2) is 48.7 Å². The molecule has 0 radical (unpaired) electrons. The van der Waals surface area contributed by atoms with Gasteiger partial charge in [0, 0.05) is 17.2 Å². The maximum absolute atomic E-state index is 3.25. The molecule has 0 unspecified atom stereocenters. The molecule has 1 aromatic heterocycles. The number of nitrogens with one attached hydrogen (secondary N) is 1. The summed E-state index contributed by atoms with van der Waals surface area (Å²) in [7, 11) is 0. The SMILES string of the molecule is Cc1ccc[nH+]c1-c1ccccc1. The molecule has 1 N–H and O–H groups in total. The fourth-order valence-electron chi connectivity index (χ4n) is 1.44. The summed E-state index contributed by atoms with van der Waals surface area (Å²) in [6.07, 6.45) is 1.95. The molecule has 0 aliphatic carbocycles. The van der Waals surface area contributed by atoms with E-state index >= 15 is 0 Å². The van der Waals surface area contributed by atoms with E-state index in [4.69, 9.17) is 0 Å². The zero-order valence-corrected chi connectivity index (χ0v) is 7.62. The molecule has 0 aliphatic heterocycles. The van der Waals surface area contributed by atoms with Gasteiger partial charge in [0.15, 0.2) is 6.20 Å². The van der Waals surface area contributed by atoms with Crippen LogP contribution in [0.2, 0.25) is 0 Å². The fraction of sp³-hybridized carbons (Fsp3) is 0.0833. The Morgan fingerprint density at radius 2 is 1.69 bits per heavy atom. The zero-order valence-electron chi connectivity index (χ0n) is 7.62. The highest BCUT2D eigenvalue weighted by atomic mass is 14.7. The molecule has 0 saturated carbocycles. The van der Waals surface area contributed by atoms with Gasteiger partial charge in [0.05, 0.1) is 0 Å². The van der Waals surface area contributed by atoms with E-state index in [9.17, 15) is 0 Å². The van der Waals surface area contributed by atoms with Crippen LogP contribution < -0.4 is 4.98 Å². The summed E-state index contributed by atoms with van der Waals surface area (Å²) in [4.78, 5) is 3.25. The predicted octanol–water partition coefficient (Wildman–Crippen LogP) is 2.48. The minimum absolute atomic E-state index is 1.20. The van der Waals surface area contributed by atoms with Crippen molar-refractivity contribution in [2.45, 2.75) is 6.92 Å². The Labute approximate surface area is 78.1 Å². The third kappa shape index (κ3) is 1.59. The van der Waals surface area contributed by atoms with Gasteiger partial charge in [-0.2, -0.15) is 0 Å². The molecule has 0 bridgehead atoms. The Kier molecular flexibility index (Phi) is 2.09. The molecule has 0 amide bonds. The number of aryl methyl sites for hydroxylation is 1. The van der Waals surface area contributed by atoms with Gasteiger partial charge < -0.3 is 0 Å². The molecule has 0 saturated heterocycles. The van der Waals surface area contributed by atoms with Crippen molar-refractivity contribution in [2.24, 2.45) is 0 Å². The maximum atomic E-state index is 3.25. The molecule has 0 spiro atoms. The Hall–Kier alpha value is -1.63. The van der Waals surface area contributed by atoms with Crippen LogP contribution in [0, 0.1) is 6.92 Å². The van der Waals surface area contributed by atoms with E-state index in [2.05, 4.69) is 42.2 Å². The number of rotatable bonds is 1. The van der Waals surface area contributed by atoms with E-state index < -0.39 is 0 Å². The second kappa shape index (κ2) is 3.40. The van der Waals surface area contributed by atoms with E-state index in [1.165, 1.54) is 16.8 Å². The van der Waals surface area contributed by atoms with Gasteiger partial charge in [-0.3, -0.25) is 0 Å². The lowest BCUT2D eigenvalue weighted by Crippen LogP contribution is -2.06. The predicted molar refractivity (Wildman–Crippen MR) is 53.2 cm³/mol. The van der Waals surface area contributed by atoms with Gasteiger partial charge in [0.25, 0.3) is 0 Å². The van der Waals surface area contributed by atoms with E-state index in [1.807, 2.05) is 18.3 Å². The molecular weight excluding hydrogens is 158 g/mol. The highest BCUT2D eigenvalue weighted by Gasteiger charge is 2.06. The topological polar surface area (TPSA) is 14.1 Å². The first-order valence-electron chi connectivity index (χ1n) is 4.40. The van der Waals surface area contributed by atoms with Gasteiger partial charge in [-0.25, -0.2) is 4.98 Å². The molecule has 2 rings (SSSR count). The molecule has 0 fully saturated rings. The standard InChI is InChI=1S/C12H11N/c1-10-6-5-9-13-12(10)11-7-3-2-4-8-11/h2-9H,1H3/p+1.